The summed E-state index contributed by atoms with van der Waals surface area (Å²) in [5.41, 5.74) is 2.43. The van der Waals surface area contributed by atoms with E-state index < -0.39 is 0 Å². The molecule has 1 atom stereocenters. The fraction of sp³-hybridized carbons (Fsp3) is 0.310. The second-order valence-corrected chi connectivity index (χ2v) is 10.3. The number of methoxy groups -OCH3 is 1. The number of H-pyrrole nitrogens is 1. The van der Waals surface area contributed by atoms with Gasteiger partial charge in [0.1, 0.15) is 11.5 Å². The largest absolute Gasteiger partial charge is 0.497 e. The number of rotatable bonds is 12. The Morgan fingerprint density at radius 2 is 1.87 bits per heavy atom. The summed E-state index contributed by atoms with van der Waals surface area (Å²) in [5, 5.41) is 15.8. The van der Waals surface area contributed by atoms with Gasteiger partial charge in [0.05, 0.1) is 26.3 Å². The summed E-state index contributed by atoms with van der Waals surface area (Å²) < 4.78 is 12.8. The van der Waals surface area contributed by atoms with Gasteiger partial charge in [0.25, 0.3) is 5.56 Å². The topological polar surface area (TPSA) is 98.2 Å². The third-order valence-corrected chi connectivity index (χ3v) is 7.55. The highest BCUT2D eigenvalue weighted by Crippen LogP contribution is 2.28. The first-order chi connectivity index (χ1) is 19.1. The van der Waals surface area contributed by atoms with Gasteiger partial charge >= 0.3 is 0 Å². The Kier molecular flexibility index (Phi) is 8.33. The van der Waals surface area contributed by atoms with E-state index in [1.165, 1.54) is 4.88 Å². The number of hydrogen-bond acceptors (Lipinski definition) is 8. The lowest BCUT2D eigenvalue weighted by Gasteiger charge is -2.30. The third-order valence-electron chi connectivity index (χ3n) is 6.69. The quantitative estimate of drug-likeness (QED) is 0.231. The maximum Gasteiger partial charge on any atom is 0.252 e. The number of fused-ring (bicyclic) bond motifs is 1. The molecule has 39 heavy (non-hydrogen) atoms. The second kappa shape index (κ2) is 12.2. The number of aromatic nitrogens is 5. The maximum atomic E-state index is 13.2. The Bertz CT molecular complexity index is 1560. The van der Waals surface area contributed by atoms with Crippen LogP contribution in [0.25, 0.3) is 10.9 Å². The minimum atomic E-state index is -0.106. The number of thiophene rings is 1. The van der Waals surface area contributed by atoms with Crippen LogP contribution in [0.15, 0.2) is 70.8 Å². The van der Waals surface area contributed by atoms with Crippen molar-refractivity contribution in [3.8, 4) is 11.5 Å². The SMILES string of the molecule is CCOc1ccc2[nH]c(=O)c(CN(Cc3cccs3)[C@H](CC)c3nnnn3Cc3ccc(OC)cc3)cc2c1. The van der Waals surface area contributed by atoms with Crippen LogP contribution in [0.4, 0.5) is 0 Å². The maximum absolute atomic E-state index is 13.2. The van der Waals surface area contributed by atoms with Crippen molar-refractivity contribution in [3.05, 3.63) is 98.2 Å². The molecule has 0 aliphatic rings. The molecular weight excluding hydrogens is 512 g/mol. The molecule has 3 heterocycles. The van der Waals surface area contributed by atoms with E-state index in [1.54, 1.807) is 18.4 Å². The van der Waals surface area contributed by atoms with Gasteiger partial charge in [0.2, 0.25) is 0 Å². The molecule has 5 aromatic rings. The predicted molar refractivity (Wildman–Crippen MR) is 152 cm³/mol. The lowest BCUT2D eigenvalue weighted by molar-refractivity contribution is 0.163. The van der Waals surface area contributed by atoms with Gasteiger partial charge in [-0.2, -0.15) is 0 Å². The van der Waals surface area contributed by atoms with Gasteiger partial charge in [-0.05, 0) is 77.2 Å². The predicted octanol–water partition coefficient (Wildman–Crippen LogP) is 5.19. The van der Waals surface area contributed by atoms with E-state index in [2.05, 4.69) is 43.8 Å². The molecule has 0 bridgehead atoms. The van der Waals surface area contributed by atoms with Gasteiger partial charge in [-0.3, -0.25) is 9.69 Å². The van der Waals surface area contributed by atoms with E-state index in [4.69, 9.17) is 9.47 Å². The van der Waals surface area contributed by atoms with E-state index in [0.29, 0.717) is 31.8 Å². The zero-order valence-electron chi connectivity index (χ0n) is 22.3. The van der Waals surface area contributed by atoms with E-state index in [1.807, 2.05) is 66.2 Å². The van der Waals surface area contributed by atoms with Gasteiger partial charge in [-0.15, -0.1) is 16.4 Å². The molecule has 2 aromatic carbocycles. The molecule has 0 spiro atoms. The normalized spacial score (nSPS) is 12.2. The Morgan fingerprint density at radius 1 is 1.05 bits per heavy atom. The lowest BCUT2D eigenvalue weighted by atomic mass is 10.1. The summed E-state index contributed by atoms with van der Waals surface area (Å²) in [7, 11) is 1.65. The molecule has 0 amide bonds. The molecule has 0 aliphatic heterocycles. The fourth-order valence-corrected chi connectivity index (χ4v) is 5.50. The summed E-state index contributed by atoms with van der Waals surface area (Å²) in [6.07, 6.45) is 0.772. The van der Waals surface area contributed by atoms with Crippen LogP contribution >= 0.6 is 11.3 Å². The van der Waals surface area contributed by atoms with Crippen molar-refractivity contribution in [1.29, 1.82) is 0 Å². The van der Waals surface area contributed by atoms with E-state index >= 15 is 0 Å². The molecule has 1 N–H and O–H groups in total. The standard InChI is InChI=1S/C29H32N6O3S/c1-4-27(28-31-32-33-35(28)17-20-8-10-23(37-3)11-9-20)34(19-25-7-6-14-39-25)18-22-15-21-16-24(38-5-2)12-13-26(21)30-29(22)36/h6-16,27H,4-5,17-19H2,1-3H3,(H,30,36)/t27-/m1/s1. The fourth-order valence-electron chi connectivity index (χ4n) is 4.77. The van der Waals surface area contributed by atoms with Crippen molar-refractivity contribution in [2.45, 2.75) is 45.9 Å². The number of nitrogens with zero attached hydrogens (tertiary/aromatic N) is 5. The lowest BCUT2D eigenvalue weighted by Crippen LogP contribution is -2.32. The Balaban J connectivity index is 1.48. The first-order valence-corrected chi connectivity index (χ1v) is 13.9. The number of nitrogens with one attached hydrogen (secondary N) is 1. The van der Waals surface area contributed by atoms with Crippen molar-refractivity contribution < 1.29 is 9.47 Å². The van der Waals surface area contributed by atoms with Gasteiger partial charge in [0.15, 0.2) is 5.82 Å². The minimum Gasteiger partial charge on any atom is -0.497 e. The molecule has 0 saturated heterocycles. The van der Waals surface area contributed by atoms with Crippen molar-refractivity contribution >= 4 is 22.2 Å². The van der Waals surface area contributed by atoms with Crippen molar-refractivity contribution in [1.82, 2.24) is 30.1 Å². The monoisotopic (exact) mass is 544 g/mol. The Hall–Kier alpha value is -4.02. The molecule has 3 aromatic heterocycles. The van der Waals surface area contributed by atoms with Crippen LogP contribution in [0.2, 0.25) is 0 Å². The summed E-state index contributed by atoms with van der Waals surface area (Å²) in [6, 6.07) is 19.6. The minimum absolute atomic E-state index is 0.101. The van der Waals surface area contributed by atoms with E-state index in [-0.39, 0.29) is 11.6 Å². The number of hydrogen-bond donors (Lipinski definition) is 1. The molecule has 0 saturated carbocycles. The molecule has 0 fully saturated rings. The van der Waals surface area contributed by atoms with Crippen LogP contribution in [0, 0.1) is 0 Å². The highest BCUT2D eigenvalue weighted by molar-refractivity contribution is 7.09. The van der Waals surface area contributed by atoms with Crippen LogP contribution in [-0.2, 0) is 19.6 Å². The van der Waals surface area contributed by atoms with Crippen LogP contribution in [0.3, 0.4) is 0 Å². The number of tetrazole rings is 1. The smallest absolute Gasteiger partial charge is 0.252 e. The third kappa shape index (κ3) is 6.18. The number of ether oxygens (including phenoxy) is 2. The summed E-state index contributed by atoms with van der Waals surface area (Å²) >= 11 is 1.70. The average molecular weight is 545 g/mol. The molecule has 202 valence electrons. The van der Waals surface area contributed by atoms with E-state index in [0.717, 1.165) is 40.2 Å². The first-order valence-electron chi connectivity index (χ1n) is 13.0. The molecule has 0 aliphatic carbocycles. The molecule has 0 unspecified atom stereocenters. The zero-order chi connectivity index (χ0) is 27.2. The van der Waals surface area contributed by atoms with Crippen molar-refractivity contribution in [3.63, 3.8) is 0 Å². The number of aromatic amines is 1. The van der Waals surface area contributed by atoms with Crippen molar-refractivity contribution in [2.24, 2.45) is 0 Å². The Morgan fingerprint density at radius 3 is 2.59 bits per heavy atom. The van der Waals surface area contributed by atoms with Crippen LogP contribution < -0.4 is 15.0 Å². The highest BCUT2D eigenvalue weighted by Gasteiger charge is 2.26. The van der Waals surface area contributed by atoms with Crippen LogP contribution in [0.5, 0.6) is 11.5 Å². The molecular formula is C29H32N6O3S. The van der Waals surface area contributed by atoms with Crippen molar-refractivity contribution in [2.75, 3.05) is 13.7 Å². The van der Waals surface area contributed by atoms with Gasteiger partial charge in [0, 0.05) is 34.4 Å². The summed E-state index contributed by atoms with van der Waals surface area (Å²) in [4.78, 5) is 19.7. The van der Waals surface area contributed by atoms with Gasteiger partial charge in [-0.25, -0.2) is 4.68 Å². The van der Waals surface area contributed by atoms with Gasteiger partial charge in [-0.1, -0.05) is 25.1 Å². The highest BCUT2D eigenvalue weighted by atomic mass is 32.1. The number of pyridine rings is 1. The molecule has 5 rings (SSSR count). The van der Waals surface area contributed by atoms with Crippen LogP contribution in [0.1, 0.15) is 48.1 Å². The van der Waals surface area contributed by atoms with E-state index in [9.17, 15) is 4.79 Å². The summed E-state index contributed by atoms with van der Waals surface area (Å²) in [6.45, 7) is 6.31. The van der Waals surface area contributed by atoms with Gasteiger partial charge < -0.3 is 14.5 Å². The number of benzene rings is 2. The average Bonchev–Trinajstić information content (AvgIpc) is 3.63. The van der Waals surface area contributed by atoms with Crippen LogP contribution in [-0.4, -0.2) is 43.8 Å². The summed E-state index contributed by atoms with van der Waals surface area (Å²) in [5.74, 6) is 2.35. The first kappa shape index (κ1) is 26.6. The second-order valence-electron chi connectivity index (χ2n) is 9.26. The molecule has 9 nitrogen and oxygen atoms in total. The molecule has 0 radical (unpaired) electrons. The Labute approximate surface area is 231 Å². The molecule has 10 heteroatoms. The zero-order valence-corrected chi connectivity index (χ0v) is 23.1.